The molecule has 9 heteroatoms. The number of piperidine rings is 1. The molecular weight excluding hydrogens is 383 g/mol. The van der Waals surface area contributed by atoms with Crippen molar-refractivity contribution in [3.8, 4) is 11.3 Å². The highest BCUT2D eigenvalue weighted by atomic mass is 19.4. The Hall–Kier alpha value is -2.13. The van der Waals surface area contributed by atoms with Gasteiger partial charge in [0.15, 0.2) is 0 Å². The lowest BCUT2D eigenvalue weighted by atomic mass is 10.1. The van der Waals surface area contributed by atoms with Crippen LogP contribution >= 0.6 is 0 Å². The van der Waals surface area contributed by atoms with E-state index in [0.29, 0.717) is 29.0 Å². The number of nitrogens with two attached hydrogens (primary N) is 1. The van der Waals surface area contributed by atoms with Crippen molar-refractivity contribution >= 4 is 5.82 Å². The third-order valence-electron chi connectivity index (χ3n) is 6.00. The number of anilines is 1. The van der Waals surface area contributed by atoms with Crippen molar-refractivity contribution in [1.29, 1.82) is 0 Å². The van der Waals surface area contributed by atoms with E-state index in [1.54, 1.807) is 7.11 Å². The van der Waals surface area contributed by atoms with Gasteiger partial charge < -0.3 is 15.4 Å². The van der Waals surface area contributed by atoms with Gasteiger partial charge in [0.25, 0.3) is 0 Å². The molecule has 3 atom stereocenters. The van der Waals surface area contributed by atoms with Crippen LogP contribution in [0.3, 0.4) is 0 Å². The van der Waals surface area contributed by atoms with E-state index < -0.39 is 17.6 Å². The number of halogens is 3. The van der Waals surface area contributed by atoms with Crippen LogP contribution in [0.4, 0.5) is 19.0 Å². The zero-order chi connectivity index (χ0) is 20.9. The van der Waals surface area contributed by atoms with Gasteiger partial charge in [-0.05, 0) is 37.8 Å². The largest absolute Gasteiger partial charge is 0.419 e. The normalized spacial score (nSPS) is 24.3. The van der Waals surface area contributed by atoms with E-state index in [9.17, 15) is 13.2 Å². The molecule has 1 aliphatic heterocycles. The fourth-order valence-corrected chi connectivity index (χ4v) is 4.51. The number of fused-ring (bicyclic) bond motifs is 1. The Bertz CT molecular complexity index is 883. The Morgan fingerprint density at radius 3 is 2.52 bits per heavy atom. The minimum Gasteiger partial charge on any atom is -0.383 e. The molecule has 158 valence electrons. The molecule has 3 heterocycles. The standard InChI is InChI=1S/C20H26F3N5O/c1-11(2)28-17(18-13-9-27(4-5-29-3)10-14(13)18)7-16(26-28)12-6-15(20(21,22)23)19(24)25-8-12/h6-8,11,13-14,18H,4-5,9-10H2,1-3H3,(H2,24,25)/t13-,14+,18?. The molecule has 2 fully saturated rings. The summed E-state index contributed by atoms with van der Waals surface area (Å²) in [4.78, 5) is 6.16. The van der Waals surface area contributed by atoms with Crippen molar-refractivity contribution in [1.82, 2.24) is 19.7 Å². The van der Waals surface area contributed by atoms with Gasteiger partial charge in [-0.1, -0.05) is 0 Å². The van der Waals surface area contributed by atoms with E-state index in [4.69, 9.17) is 10.5 Å². The van der Waals surface area contributed by atoms with Crippen molar-refractivity contribution in [2.24, 2.45) is 11.8 Å². The molecule has 2 aliphatic rings. The number of alkyl halides is 3. The maximum absolute atomic E-state index is 13.2. The molecule has 0 aromatic carbocycles. The van der Waals surface area contributed by atoms with E-state index in [0.717, 1.165) is 38.0 Å². The molecule has 0 bridgehead atoms. The van der Waals surface area contributed by atoms with Gasteiger partial charge in [0.05, 0.1) is 17.9 Å². The van der Waals surface area contributed by atoms with E-state index in [-0.39, 0.29) is 6.04 Å². The summed E-state index contributed by atoms with van der Waals surface area (Å²) in [5.41, 5.74) is 6.45. The lowest BCUT2D eigenvalue weighted by molar-refractivity contribution is -0.137. The summed E-state index contributed by atoms with van der Waals surface area (Å²) in [6.45, 7) is 7.78. The van der Waals surface area contributed by atoms with Gasteiger partial charge in [0.1, 0.15) is 5.82 Å². The molecule has 2 N–H and O–H groups in total. The molecule has 2 aromatic heterocycles. The number of nitrogens with zero attached hydrogens (tertiary/aromatic N) is 4. The molecular formula is C20H26F3N5O. The summed E-state index contributed by atoms with van der Waals surface area (Å²) >= 11 is 0. The van der Waals surface area contributed by atoms with Crippen LogP contribution in [0.5, 0.6) is 0 Å². The van der Waals surface area contributed by atoms with Crippen LogP contribution in [0, 0.1) is 11.8 Å². The summed E-state index contributed by atoms with van der Waals surface area (Å²) in [6, 6.07) is 3.09. The van der Waals surface area contributed by atoms with Gasteiger partial charge in [0, 0.05) is 56.2 Å². The second-order valence-corrected chi connectivity index (χ2v) is 8.25. The van der Waals surface area contributed by atoms with E-state index in [1.807, 2.05) is 24.6 Å². The predicted octanol–water partition coefficient (Wildman–Crippen LogP) is 3.42. The quantitative estimate of drug-likeness (QED) is 0.792. The molecule has 1 unspecified atom stereocenters. The molecule has 4 rings (SSSR count). The third-order valence-corrected chi connectivity index (χ3v) is 6.00. The predicted molar refractivity (Wildman–Crippen MR) is 103 cm³/mol. The van der Waals surface area contributed by atoms with Crippen LogP contribution < -0.4 is 5.73 Å². The van der Waals surface area contributed by atoms with Gasteiger partial charge in [-0.15, -0.1) is 0 Å². The summed E-state index contributed by atoms with van der Waals surface area (Å²) in [7, 11) is 1.71. The maximum Gasteiger partial charge on any atom is 0.419 e. The third kappa shape index (κ3) is 3.73. The Morgan fingerprint density at radius 2 is 1.93 bits per heavy atom. The van der Waals surface area contributed by atoms with Crippen LogP contribution in [-0.2, 0) is 10.9 Å². The molecule has 0 radical (unpaired) electrons. The SMILES string of the molecule is COCCN1C[C@@H]2C(c3cc(-c4cnc(N)c(C(F)(F)F)c4)nn3C(C)C)[C@@H]2C1. The lowest BCUT2D eigenvalue weighted by Crippen LogP contribution is -2.28. The number of pyridine rings is 1. The number of rotatable bonds is 6. The molecule has 2 aromatic rings. The van der Waals surface area contributed by atoms with Crippen molar-refractivity contribution < 1.29 is 17.9 Å². The second-order valence-electron chi connectivity index (χ2n) is 8.25. The van der Waals surface area contributed by atoms with Crippen molar-refractivity contribution in [2.75, 3.05) is 39.1 Å². The van der Waals surface area contributed by atoms with Crippen LogP contribution in [0.15, 0.2) is 18.3 Å². The minimum absolute atomic E-state index is 0.119. The Kier molecular flexibility index (Phi) is 5.06. The minimum atomic E-state index is -4.55. The van der Waals surface area contributed by atoms with E-state index in [1.165, 1.54) is 6.20 Å². The van der Waals surface area contributed by atoms with Gasteiger partial charge in [-0.25, -0.2) is 4.98 Å². The first-order chi connectivity index (χ1) is 13.7. The van der Waals surface area contributed by atoms with Gasteiger partial charge >= 0.3 is 6.18 Å². The number of nitrogen functional groups attached to an aromatic ring is 1. The molecule has 6 nitrogen and oxygen atoms in total. The molecule has 0 amide bonds. The van der Waals surface area contributed by atoms with Crippen LogP contribution in [0.2, 0.25) is 0 Å². The Labute approximate surface area is 167 Å². The summed E-state index contributed by atoms with van der Waals surface area (Å²) in [6.07, 6.45) is -3.18. The number of likely N-dealkylation sites (tertiary alicyclic amines) is 1. The van der Waals surface area contributed by atoms with Crippen molar-refractivity contribution in [3.63, 3.8) is 0 Å². The average molecular weight is 409 g/mol. The van der Waals surface area contributed by atoms with Crippen molar-refractivity contribution in [2.45, 2.75) is 32.0 Å². The first-order valence-electron chi connectivity index (χ1n) is 9.84. The summed E-state index contributed by atoms with van der Waals surface area (Å²) in [5.74, 6) is 1.03. The highest BCUT2D eigenvalue weighted by molar-refractivity contribution is 5.63. The highest BCUT2D eigenvalue weighted by Crippen LogP contribution is 2.58. The highest BCUT2D eigenvalue weighted by Gasteiger charge is 2.57. The summed E-state index contributed by atoms with van der Waals surface area (Å²) < 4.78 is 46.8. The zero-order valence-corrected chi connectivity index (χ0v) is 16.8. The number of hydrogen-bond donors (Lipinski definition) is 1. The second kappa shape index (κ2) is 7.28. The van der Waals surface area contributed by atoms with Gasteiger partial charge in [-0.2, -0.15) is 18.3 Å². The van der Waals surface area contributed by atoms with Crippen LogP contribution in [-0.4, -0.2) is 53.0 Å². The fourth-order valence-electron chi connectivity index (χ4n) is 4.51. The average Bonchev–Trinajstić information content (AvgIpc) is 3.00. The van der Waals surface area contributed by atoms with E-state index in [2.05, 4.69) is 15.0 Å². The number of aromatic nitrogens is 3. The van der Waals surface area contributed by atoms with Crippen LogP contribution in [0.1, 0.15) is 37.1 Å². The number of ether oxygens (including phenoxy) is 1. The van der Waals surface area contributed by atoms with Gasteiger partial charge in [-0.3, -0.25) is 4.68 Å². The van der Waals surface area contributed by atoms with Crippen LogP contribution in [0.25, 0.3) is 11.3 Å². The molecule has 29 heavy (non-hydrogen) atoms. The summed E-state index contributed by atoms with van der Waals surface area (Å²) in [5, 5.41) is 4.62. The Morgan fingerprint density at radius 1 is 1.24 bits per heavy atom. The first kappa shape index (κ1) is 20.2. The lowest BCUT2D eigenvalue weighted by Gasteiger charge is -2.19. The Balaban J connectivity index is 1.60. The number of methoxy groups -OCH3 is 1. The molecule has 0 spiro atoms. The fraction of sp³-hybridized carbons (Fsp3) is 0.600. The topological polar surface area (TPSA) is 69.2 Å². The molecule has 1 aliphatic carbocycles. The molecule has 1 saturated heterocycles. The van der Waals surface area contributed by atoms with Crippen molar-refractivity contribution in [3.05, 3.63) is 29.6 Å². The first-order valence-corrected chi connectivity index (χ1v) is 9.84. The maximum atomic E-state index is 13.2. The molecule has 1 saturated carbocycles. The zero-order valence-electron chi connectivity index (χ0n) is 16.8. The monoisotopic (exact) mass is 409 g/mol. The van der Waals surface area contributed by atoms with E-state index >= 15 is 0 Å². The number of hydrogen-bond acceptors (Lipinski definition) is 5. The smallest absolute Gasteiger partial charge is 0.383 e. The van der Waals surface area contributed by atoms with Gasteiger partial charge in [0.2, 0.25) is 0 Å².